The van der Waals surface area contributed by atoms with E-state index in [-0.39, 0.29) is 5.02 Å². The van der Waals surface area contributed by atoms with E-state index in [0.29, 0.717) is 27.3 Å². The van der Waals surface area contributed by atoms with Gasteiger partial charge < -0.3 is 0 Å². The Labute approximate surface area is 158 Å². The van der Waals surface area contributed by atoms with Gasteiger partial charge in [0.25, 0.3) is 5.56 Å². The number of fused-ring (bicyclic) bond motifs is 1. The summed E-state index contributed by atoms with van der Waals surface area (Å²) >= 11 is 12.1. The average molecular weight is 383 g/mol. The summed E-state index contributed by atoms with van der Waals surface area (Å²) in [5.74, 6) is 0. The van der Waals surface area contributed by atoms with Crippen LogP contribution in [0.5, 0.6) is 0 Å². The van der Waals surface area contributed by atoms with Gasteiger partial charge in [-0.05, 0) is 42.5 Å². The molecule has 0 unspecified atom stereocenters. The van der Waals surface area contributed by atoms with Crippen molar-refractivity contribution in [3.8, 4) is 11.4 Å². The summed E-state index contributed by atoms with van der Waals surface area (Å²) in [5, 5.41) is 1.06. The second-order valence-corrected chi connectivity index (χ2v) is 6.52. The van der Waals surface area contributed by atoms with Crippen molar-refractivity contribution in [1.82, 2.24) is 9.13 Å². The minimum absolute atomic E-state index is 0.273. The quantitative estimate of drug-likeness (QED) is 0.514. The van der Waals surface area contributed by atoms with Gasteiger partial charge in [-0.15, -0.1) is 0 Å². The molecule has 1 aromatic heterocycles. The normalized spacial score (nSPS) is 11.0. The van der Waals surface area contributed by atoms with Crippen molar-refractivity contribution in [1.29, 1.82) is 0 Å². The summed E-state index contributed by atoms with van der Waals surface area (Å²) in [4.78, 5) is 26.3. The van der Waals surface area contributed by atoms with Gasteiger partial charge in [-0.3, -0.25) is 9.36 Å². The van der Waals surface area contributed by atoms with E-state index in [1.54, 1.807) is 36.4 Å². The Balaban J connectivity index is 2.17. The topological polar surface area (TPSA) is 44.0 Å². The molecule has 0 aliphatic rings. The maximum atomic E-state index is 13.3. The molecule has 6 heteroatoms. The van der Waals surface area contributed by atoms with Gasteiger partial charge >= 0.3 is 5.69 Å². The van der Waals surface area contributed by atoms with Crippen molar-refractivity contribution in [2.24, 2.45) is 0 Å². The van der Waals surface area contributed by atoms with Crippen LogP contribution in [0.25, 0.3) is 22.3 Å². The van der Waals surface area contributed by atoms with E-state index in [1.165, 1.54) is 10.6 Å². The highest BCUT2D eigenvalue weighted by atomic mass is 35.5. The third-order valence-electron chi connectivity index (χ3n) is 4.14. The molecule has 0 N–H and O–H groups in total. The number of hydrogen-bond donors (Lipinski definition) is 0. The van der Waals surface area contributed by atoms with Crippen LogP contribution < -0.4 is 11.2 Å². The standard InChI is InChI=1S/C20H12Cl2N2O2/c21-16-11-10-14(12-17(16)22)24-19(25)15-8-4-5-9-18(15)23(20(24)26)13-6-2-1-3-7-13/h1-12H. The molecule has 4 aromatic rings. The third-order valence-corrected chi connectivity index (χ3v) is 4.88. The number of rotatable bonds is 2. The lowest BCUT2D eigenvalue weighted by Gasteiger charge is -2.14. The molecule has 0 aliphatic heterocycles. The molecule has 0 saturated heterocycles. The SMILES string of the molecule is O=c1c2ccccc2n(-c2ccccc2)c(=O)n1-c1ccc(Cl)c(Cl)c1. The van der Waals surface area contributed by atoms with Gasteiger partial charge in [-0.2, -0.15) is 0 Å². The summed E-state index contributed by atoms with van der Waals surface area (Å²) in [6.07, 6.45) is 0. The first kappa shape index (κ1) is 16.6. The first-order chi connectivity index (χ1) is 12.6. The molecule has 0 amide bonds. The largest absolute Gasteiger partial charge is 0.340 e. The molecule has 0 spiro atoms. The molecule has 0 fully saturated rings. The highest BCUT2D eigenvalue weighted by Gasteiger charge is 2.16. The van der Waals surface area contributed by atoms with Crippen molar-refractivity contribution in [3.63, 3.8) is 0 Å². The highest BCUT2D eigenvalue weighted by Crippen LogP contribution is 2.24. The summed E-state index contributed by atoms with van der Waals surface area (Å²) in [5.41, 5.74) is 0.701. The fraction of sp³-hybridized carbons (Fsp3) is 0. The van der Waals surface area contributed by atoms with Crippen LogP contribution in [0, 0.1) is 0 Å². The molecule has 3 aromatic carbocycles. The Hall–Kier alpha value is -2.82. The van der Waals surface area contributed by atoms with E-state index >= 15 is 0 Å². The summed E-state index contributed by atoms with van der Waals surface area (Å²) in [6.45, 7) is 0. The molecule has 0 atom stereocenters. The molecule has 26 heavy (non-hydrogen) atoms. The van der Waals surface area contributed by atoms with Crippen LogP contribution in [-0.2, 0) is 0 Å². The van der Waals surface area contributed by atoms with Gasteiger partial charge in [0.05, 0.1) is 32.3 Å². The predicted molar refractivity (Wildman–Crippen MR) is 105 cm³/mol. The second-order valence-electron chi connectivity index (χ2n) is 5.71. The van der Waals surface area contributed by atoms with Crippen LogP contribution in [0.2, 0.25) is 10.0 Å². The van der Waals surface area contributed by atoms with Crippen LogP contribution in [0.4, 0.5) is 0 Å². The van der Waals surface area contributed by atoms with Gasteiger partial charge in [0.2, 0.25) is 0 Å². The van der Waals surface area contributed by atoms with Crippen LogP contribution in [0.1, 0.15) is 0 Å². The van der Waals surface area contributed by atoms with Gasteiger partial charge in [0, 0.05) is 0 Å². The average Bonchev–Trinajstić information content (AvgIpc) is 2.66. The predicted octanol–water partition coefficient (Wildman–Crippen LogP) is 4.45. The third kappa shape index (κ3) is 2.64. The number of halogens is 2. The summed E-state index contributed by atoms with van der Waals surface area (Å²) in [7, 11) is 0. The van der Waals surface area contributed by atoms with Crippen LogP contribution in [0.15, 0.2) is 82.4 Å². The lowest BCUT2D eigenvalue weighted by atomic mass is 10.2. The minimum Gasteiger partial charge on any atom is -0.268 e. The molecule has 1 heterocycles. The lowest BCUT2D eigenvalue weighted by molar-refractivity contribution is 0.835. The van der Waals surface area contributed by atoms with Crippen molar-refractivity contribution >= 4 is 34.1 Å². The Bertz CT molecular complexity index is 1240. The van der Waals surface area contributed by atoms with E-state index in [0.717, 1.165) is 4.57 Å². The zero-order chi connectivity index (χ0) is 18.3. The number of benzene rings is 3. The van der Waals surface area contributed by atoms with Crippen molar-refractivity contribution in [3.05, 3.63) is 104 Å². The van der Waals surface area contributed by atoms with Gasteiger partial charge in [-0.25, -0.2) is 9.36 Å². The summed E-state index contributed by atoms with van der Waals surface area (Å²) in [6, 6.07) is 20.9. The minimum atomic E-state index is -0.474. The van der Waals surface area contributed by atoms with E-state index in [1.807, 2.05) is 30.3 Å². The molecule has 4 rings (SSSR count). The Kier molecular flexibility index (Phi) is 4.15. The van der Waals surface area contributed by atoms with Gasteiger partial charge in [0.1, 0.15) is 0 Å². The molecule has 4 nitrogen and oxygen atoms in total. The molecule has 128 valence electrons. The van der Waals surface area contributed by atoms with Crippen LogP contribution >= 0.6 is 23.2 Å². The maximum Gasteiger partial charge on any atom is 0.340 e. The summed E-state index contributed by atoms with van der Waals surface area (Å²) < 4.78 is 2.62. The Morgan fingerprint density at radius 3 is 2.08 bits per heavy atom. The van der Waals surface area contributed by atoms with Crippen molar-refractivity contribution in [2.75, 3.05) is 0 Å². The Morgan fingerprint density at radius 1 is 0.654 bits per heavy atom. The maximum absolute atomic E-state index is 13.3. The molecule has 0 aliphatic carbocycles. The number of nitrogens with zero attached hydrogens (tertiary/aromatic N) is 2. The first-order valence-corrected chi connectivity index (χ1v) is 8.61. The highest BCUT2D eigenvalue weighted by molar-refractivity contribution is 6.42. The zero-order valence-corrected chi connectivity index (χ0v) is 14.9. The second kappa shape index (κ2) is 6.48. The Morgan fingerprint density at radius 2 is 1.35 bits per heavy atom. The molecule has 0 saturated carbocycles. The smallest absolute Gasteiger partial charge is 0.268 e. The van der Waals surface area contributed by atoms with Gasteiger partial charge in [0.15, 0.2) is 0 Å². The number of aromatic nitrogens is 2. The fourth-order valence-electron chi connectivity index (χ4n) is 2.94. The zero-order valence-electron chi connectivity index (χ0n) is 13.4. The van der Waals surface area contributed by atoms with E-state index in [9.17, 15) is 9.59 Å². The van der Waals surface area contributed by atoms with E-state index < -0.39 is 11.2 Å². The molecule has 0 radical (unpaired) electrons. The molecular weight excluding hydrogens is 371 g/mol. The van der Waals surface area contributed by atoms with Crippen molar-refractivity contribution in [2.45, 2.75) is 0 Å². The number of hydrogen-bond acceptors (Lipinski definition) is 2. The van der Waals surface area contributed by atoms with Gasteiger partial charge in [-0.1, -0.05) is 53.5 Å². The molecule has 0 bridgehead atoms. The van der Waals surface area contributed by atoms with E-state index in [4.69, 9.17) is 23.2 Å². The molecular formula is C20H12Cl2N2O2. The number of para-hydroxylation sites is 2. The van der Waals surface area contributed by atoms with Crippen LogP contribution in [-0.4, -0.2) is 9.13 Å². The lowest BCUT2D eigenvalue weighted by Crippen LogP contribution is -2.38. The van der Waals surface area contributed by atoms with Crippen LogP contribution in [0.3, 0.4) is 0 Å². The van der Waals surface area contributed by atoms with Crippen molar-refractivity contribution < 1.29 is 0 Å². The first-order valence-electron chi connectivity index (χ1n) is 7.85. The monoisotopic (exact) mass is 382 g/mol. The van der Waals surface area contributed by atoms with E-state index in [2.05, 4.69) is 0 Å². The fourth-order valence-corrected chi connectivity index (χ4v) is 3.23.